The first kappa shape index (κ1) is 15.5. The summed E-state index contributed by atoms with van der Waals surface area (Å²) in [5.74, 6) is 0. The molecular weight excluding hydrogens is 246 g/mol. The molecule has 1 aromatic rings. The number of piperazine rings is 1. The van der Waals surface area contributed by atoms with E-state index >= 15 is 0 Å². The van der Waals surface area contributed by atoms with Gasteiger partial charge in [0.25, 0.3) is 0 Å². The zero-order valence-corrected chi connectivity index (χ0v) is 13.6. The van der Waals surface area contributed by atoms with Crippen LogP contribution in [0, 0.1) is 13.8 Å². The molecule has 0 spiro atoms. The summed E-state index contributed by atoms with van der Waals surface area (Å²) in [7, 11) is 4.48. The molecule has 1 aliphatic rings. The van der Waals surface area contributed by atoms with E-state index in [1.807, 2.05) is 0 Å². The number of nitrogens with one attached hydrogen (secondary N) is 1. The second kappa shape index (κ2) is 6.70. The molecule has 0 amide bonds. The number of aryl methyl sites for hydroxylation is 2. The molecule has 0 saturated carbocycles. The summed E-state index contributed by atoms with van der Waals surface area (Å²) in [6.45, 7) is 11.0. The van der Waals surface area contributed by atoms with Crippen molar-refractivity contribution in [2.75, 3.05) is 40.3 Å². The van der Waals surface area contributed by atoms with Crippen LogP contribution in [0.3, 0.4) is 0 Å². The van der Waals surface area contributed by atoms with E-state index in [9.17, 15) is 0 Å². The monoisotopic (exact) mass is 275 g/mol. The van der Waals surface area contributed by atoms with Crippen molar-refractivity contribution in [2.45, 2.75) is 32.9 Å². The molecule has 1 heterocycles. The first-order valence-electron chi connectivity index (χ1n) is 7.71. The number of nitrogens with zero attached hydrogens (tertiary/aromatic N) is 2. The van der Waals surface area contributed by atoms with Crippen LogP contribution < -0.4 is 5.32 Å². The average molecular weight is 275 g/mol. The molecule has 1 aliphatic heterocycles. The molecule has 0 bridgehead atoms. The van der Waals surface area contributed by atoms with Crippen molar-refractivity contribution in [3.8, 4) is 0 Å². The van der Waals surface area contributed by atoms with Gasteiger partial charge in [-0.1, -0.05) is 36.2 Å². The summed E-state index contributed by atoms with van der Waals surface area (Å²) in [6.07, 6.45) is 0. The highest BCUT2D eigenvalue weighted by molar-refractivity contribution is 5.31. The van der Waals surface area contributed by atoms with Gasteiger partial charge in [0.05, 0.1) is 0 Å². The molecule has 2 unspecified atom stereocenters. The molecule has 1 fully saturated rings. The van der Waals surface area contributed by atoms with Gasteiger partial charge in [-0.3, -0.25) is 4.90 Å². The molecular formula is C17H29N3. The molecule has 1 saturated heterocycles. The molecule has 0 aromatic heterocycles. The number of benzene rings is 1. The zero-order chi connectivity index (χ0) is 14.7. The lowest BCUT2D eigenvalue weighted by atomic mass is 9.93. The van der Waals surface area contributed by atoms with Crippen molar-refractivity contribution in [1.82, 2.24) is 15.1 Å². The lowest BCUT2D eigenvalue weighted by molar-refractivity contribution is 0.0880. The Morgan fingerprint density at radius 1 is 1.15 bits per heavy atom. The first-order valence-corrected chi connectivity index (χ1v) is 7.71. The van der Waals surface area contributed by atoms with E-state index in [2.05, 4.69) is 68.2 Å². The van der Waals surface area contributed by atoms with Crippen molar-refractivity contribution in [3.63, 3.8) is 0 Å². The largest absolute Gasteiger partial charge is 0.309 e. The topological polar surface area (TPSA) is 18.5 Å². The SMILES string of the molecule is CCNC(c1cc(C)cc(C)c1)C1CN(C)CCN1C. The van der Waals surface area contributed by atoms with E-state index in [-0.39, 0.29) is 0 Å². The average Bonchev–Trinajstić information content (AvgIpc) is 2.38. The van der Waals surface area contributed by atoms with Gasteiger partial charge in [-0.05, 0) is 40.1 Å². The standard InChI is InChI=1S/C17H29N3/c1-6-18-17(15-10-13(2)9-14(3)11-15)16-12-19(4)7-8-20(16)5/h9-11,16-18H,6-8,12H2,1-5H3. The molecule has 2 rings (SSSR count). The molecule has 0 radical (unpaired) electrons. The fourth-order valence-corrected chi connectivity index (χ4v) is 3.29. The zero-order valence-electron chi connectivity index (χ0n) is 13.6. The molecule has 1 N–H and O–H groups in total. The maximum absolute atomic E-state index is 3.71. The van der Waals surface area contributed by atoms with E-state index in [0.717, 1.165) is 19.6 Å². The second-order valence-corrected chi connectivity index (χ2v) is 6.27. The molecule has 20 heavy (non-hydrogen) atoms. The highest BCUT2D eigenvalue weighted by Gasteiger charge is 2.30. The minimum atomic E-state index is 0.409. The third kappa shape index (κ3) is 3.60. The number of rotatable bonds is 4. The quantitative estimate of drug-likeness (QED) is 0.909. The number of likely N-dealkylation sites (N-methyl/N-ethyl adjacent to an activating group) is 3. The van der Waals surface area contributed by atoms with Crippen LogP contribution in [0.2, 0.25) is 0 Å². The fourth-order valence-electron chi connectivity index (χ4n) is 3.29. The molecule has 3 heteroatoms. The molecule has 2 atom stereocenters. The minimum absolute atomic E-state index is 0.409. The Bertz CT molecular complexity index is 424. The Morgan fingerprint density at radius 3 is 2.40 bits per heavy atom. The number of hydrogen-bond acceptors (Lipinski definition) is 3. The normalized spacial score (nSPS) is 22.9. The second-order valence-electron chi connectivity index (χ2n) is 6.27. The van der Waals surface area contributed by atoms with Crippen LogP contribution in [0.4, 0.5) is 0 Å². The van der Waals surface area contributed by atoms with Gasteiger partial charge in [0.1, 0.15) is 0 Å². The predicted octanol–water partition coefficient (Wildman–Crippen LogP) is 2.20. The summed E-state index contributed by atoms with van der Waals surface area (Å²) < 4.78 is 0. The van der Waals surface area contributed by atoms with Gasteiger partial charge in [0, 0.05) is 31.7 Å². The van der Waals surface area contributed by atoms with Gasteiger partial charge in [-0.15, -0.1) is 0 Å². The van der Waals surface area contributed by atoms with Crippen molar-refractivity contribution in [1.29, 1.82) is 0 Å². The molecule has 112 valence electrons. The van der Waals surface area contributed by atoms with E-state index in [0.29, 0.717) is 12.1 Å². The molecule has 1 aromatic carbocycles. The Balaban J connectivity index is 2.29. The summed E-state index contributed by atoms with van der Waals surface area (Å²) in [4.78, 5) is 4.95. The maximum Gasteiger partial charge on any atom is 0.0490 e. The van der Waals surface area contributed by atoms with Crippen molar-refractivity contribution in [3.05, 3.63) is 34.9 Å². The van der Waals surface area contributed by atoms with Crippen molar-refractivity contribution in [2.24, 2.45) is 0 Å². The predicted molar refractivity (Wildman–Crippen MR) is 86.2 cm³/mol. The van der Waals surface area contributed by atoms with Crippen LogP contribution in [0.5, 0.6) is 0 Å². The highest BCUT2D eigenvalue weighted by atomic mass is 15.3. The summed E-state index contributed by atoms with van der Waals surface area (Å²) >= 11 is 0. The molecule has 0 aliphatic carbocycles. The summed E-state index contributed by atoms with van der Waals surface area (Å²) in [5.41, 5.74) is 4.14. The Kier molecular flexibility index (Phi) is 5.19. The van der Waals surface area contributed by atoms with E-state index < -0.39 is 0 Å². The van der Waals surface area contributed by atoms with E-state index in [1.165, 1.54) is 23.2 Å². The lowest BCUT2D eigenvalue weighted by Gasteiger charge is -2.42. The van der Waals surface area contributed by atoms with Gasteiger partial charge in [0.15, 0.2) is 0 Å². The van der Waals surface area contributed by atoms with Gasteiger partial charge >= 0.3 is 0 Å². The van der Waals surface area contributed by atoms with E-state index in [4.69, 9.17) is 0 Å². The van der Waals surface area contributed by atoms with Crippen LogP contribution >= 0.6 is 0 Å². The van der Waals surface area contributed by atoms with Gasteiger partial charge in [-0.2, -0.15) is 0 Å². The van der Waals surface area contributed by atoms with Gasteiger partial charge in [0.2, 0.25) is 0 Å². The van der Waals surface area contributed by atoms with Crippen LogP contribution in [0.1, 0.15) is 29.7 Å². The third-order valence-electron chi connectivity index (χ3n) is 4.31. The maximum atomic E-state index is 3.71. The molecule has 3 nitrogen and oxygen atoms in total. The van der Waals surface area contributed by atoms with Crippen LogP contribution in [0.15, 0.2) is 18.2 Å². The van der Waals surface area contributed by atoms with Crippen LogP contribution in [-0.4, -0.2) is 56.1 Å². The third-order valence-corrected chi connectivity index (χ3v) is 4.31. The van der Waals surface area contributed by atoms with Crippen molar-refractivity contribution >= 4 is 0 Å². The highest BCUT2D eigenvalue weighted by Crippen LogP contribution is 2.25. The summed E-state index contributed by atoms with van der Waals surface area (Å²) in [6, 6.07) is 7.87. The van der Waals surface area contributed by atoms with Crippen LogP contribution in [-0.2, 0) is 0 Å². The summed E-state index contributed by atoms with van der Waals surface area (Å²) in [5, 5.41) is 3.71. The van der Waals surface area contributed by atoms with Crippen molar-refractivity contribution < 1.29 is 0 Å². The fraction of sp³-hybridized carbons (Fsp3) is 0.647. The smallest absolute Gasteiger partial charge is 0.0490 e. The van der Waals surface area contributed by atoms with Crippen LogP contribution in [0.25, 0.3) is 0 Å². The lowest BCUT2D eigenvalue weighted by Crippen LogP contribution is -2.55. The Labute approximate surface area is 124 Å². The minimum Gasteiger partial charge on any atom is -0.309 e. The number of hydrogen-bond donors (Lipinski definition) is 1. The Hall–Kier alpha value is -0.900. The van der Waals surface area contributed by atoms with E-state index in [1.54, 1.807) is 0 Å². The van der Waals surface area contributed by atoms with Gasteiger partial charge in [-0.25, -0.2) is 0 Å². The first-order chi connectivity index (χ1) is 9.51. The van der Waals surface area contributed by atoms with Gasteiger partial charge < -0.3 is 10.2 Å². The Morgan fingerprint density at radius 2 is 1.80 bits per heavy atom.